The second-order valence-corrected chi connectivity index (χ2v) is 4.80. The minimum Gasteiger partial charge on any atom is -0.388 e. The lowest BCUT2D eigenvalue weighted by Gasteiger charge is -2.31. The highest BCUT2D eigenvalue weighted by Gasteiger charge is 2.30. The van der Waals surface area contributed by atoms with Crippen molar-refractivity contribution in [3.63, 3.8) is 0 Å². The molecule has 0 aliphatic carbocycles. The molecular weight excluding hydrogens is 248 g/mol. The Kier molecular flexibility index (Phi) is 4.52. The maximum absolute atomic E-state index is 11.9. The smallest absolute Gasteiger partial charge is 0.271 e. The third-order valence-electron chi connectivity index (χ3n) is 3.25. The Labute approximate surface area is 111 Å². The Bertz CT molecular complexity index is 426. The molecule has 0 bridgehead atoms. The van der Waals surface area contributed by atoms with Gasteiger partial charge in [0.2, 0.25) is 0 Å². The van der Waals surface area contributed by atoms with Gasteiger partial charge in [-0.2, -0.15) is 0 Å². The normalized spacial score (nSPS) is 18.2. The first-order chi connectivity index (χ1) is 9.13. The number of carbonyl (C=O) groups excluding carboxylic acids is 1. The van der Waals surface area contributed by atoms with Crippen molar-refractivity contribution in [3.8, 4) is 0 Å². The highest BCUT2D eigenvalue weighted by molar-refractivity contribution is 5.92. The fraction of sp³-hybridized carbons (Fsp3) is 0.667. The predicted octanol–water partition coefficient (Wildman–Crippen LogP) is -0.887. The highest BCUT2D eigenvalue weighted by Crippen LogP contribution is 2.19. The Morgan fingerprint density at radius 1 is 1.58 bits per heavy atom. The summed E-state index contributed by atoms with van der Waals surface area (Å²) in [6, 6.07) is 0. The van der Waals surface area contributed by atoms with Crippen LogP contribution in [0.15, 0.2) is 12.5 Å². The van der Waals surface area contributed by atoms with Crippen molar-refractivity contribution in [1.29, 1.82) is 0 Å². The van der Waals surface area contributed by atoms with Crippen molar-refractivity contribution in [2.45, 2.75) is 25.0 Å². The zero-order chi connectivity index (χ0) is 13.7. The van der Waals surface area contributed by atoms with Gasteiger partial charge in [-0.1, -0.05) is 0 Å². The molecule has 1 saturated heterocycles. The van der Waals surface area contributed by atoms with Crippen LogP contribution in [-0.4, -0.2) is 52.5 Å². The first-order valence-electron chi connectivity index (χ1n) is 6.43. The van der Waals surface area contributed by atoms with E-state index in [1.807, 2.05) is 0 Å². The zero-order valence-electron chi connectivity index (χ0n) is 10.8. The molecule has 7 nitrogen and oxygen atoms in total. The lowest BCUT2D eigenvalue weighted by Crippen LogP contribution is -2.46. The van der Waals surface area contributed by atoms with Crippen LogP contribution in [-0.2, 0) is 11.3 Å². The number of hydrogen-bond donors (Lipinski definition) is 3. The minimum absolute atomic E-state index is 0.221. The fourth-order valence-electron chi connectivity index (χ4n) is 2.01. The van der Waals surface area contributed by atoms with Crippen LogP contribution in [0.5, 0.6) is 0 Å². The summed E-state index contributed by atoms with van der Waals surface area (Å²) >= 11 is 0. The van der Waals surface area contributed by atoms with E-state index in [-0.39, 0.29) is 12.5 Å². The maximum Gasteiger partial charge on any atom is 0.271 e. The van der Waals surface area contributed by atoms with Gasteiger partial charge in [-0.3, -0.25) is 4.79 Å². The molecule has 1 aliphatic heterocycles. The van der Waals surface area contributed by atoms with Crippen molar-refractivity contribution in [2.75, 3.05) is 26.3 Å². The topological polar surface area (TPSA) is 102 Å². The van der Waals surface area contributed by atoms with Crippen molar-refractivity contribution < 1.29 is 14.6 Å². The van der Waals surface area contributed by atoms with Crippen LogP contribution in [0.3, 0.4) is 0 Å². The predicted molar refractivity (Wildman–Crippen MR) is 68.6 cm³/mol. The van der Waals surface area contributed by atoms with E-state index in [1.165, 1.54) is 0 Å². The van der Waals surface area contributed by atoms with Gasteiger partial charge in [0.05, 0.1) is 11.9 Å². The molecule has 0 aromatic carbocycles. The summed E-state index contributed by atoms with van der Waals surface area (Å²) in [6.07, 6.45) is 4.30. The number of imidazole rings is 1. The van der Waals surface area contributed by atoms with Crippen LogP contribution in [0.1, 0.15) is 23.3 Å². The third-order valence-corrected chi connectivity index (χ3v) is 3.25. The molecule has 4 N–H and O–H groups in total. The van der Waals surface area contributed by atoms with Crippen LogP contribution in [0.4, 0.5) is 0 Å². The van der Waals surface area contributed by atoms with E-state index in [4.69, 9.17) is 10.5 Å². The molecule has 1 fully saturated rings. The number of aromatic nitrogens is 2. The molecule has 19 heavy (non-hydrogen) atoms. The number of rotatable bonds is 5. The average Bonchev–Trinajstić information content (AvgIpc) is 2.86. The Balaban J connectivity index is 1.86. The summed E-state index contributed by atoms with van der Waals surface area (Å²) in [7, 11) is 0. The standard InChI is InChI=1S/C12H20N4O3/c13-3-4-16-7-10(15-9-16)11(17)14-8-12(18)1-5-19-6-2-12/h7,9,18H,1-6,8,13H2,(H,14,17). The van der Waals surface area contributed by atoms with Gasteiger partial charge in [-0.05, 0) is 0 Å². The average molecular weight is 268 g/mol. The lowest BCUT2D eigenvalue weighted by atomic mass is 9.94. The molecular formula is C12H20N4O3. The highest BCUT2D eigenvalue weighted by atomic mass is 16.5. The summed E-state index contributed by atoms with van der Waals surface area (Å²) in [5.41, 5.74) is 4.90. The molecule has 1 aromatic heterocycles. The molecule has 2 heterocycles. The molecule has 7 heteroatoms. The van der Waals surface area contributed by atoms with E-state index in [1.54, 1.807) is 17.1 Å². The third kappa shape index (κ3) is 3.76. The molecule has 0 unspecified atom stereocenters. The van der Waals surface area contributed by atoms with E-state index in [0.29, 0.717) is 44.8 Å². The maximum atomic E-state index is 11.9. The van der Waals surface area contributed by atoms with E-state index < -0.39 is 5.60 Å². The summed E-state index contributed by atoms with van der Waals surface area (Å²) in [4.78, 5) is 15.9. The summed E-state index contributed by atoms with van der Waals surface area (Å²) in [6.45, 7) is 2.40. The van der Waals surface area contributed by atoms with Gasteiger partial charge in [0.25, 0.3) is 5.91 Å². The molecule has 1 aromatic rings. The van der Waals surface area contributed by atoms with Crippen LogP contribution in [0.25, 0.3) is 0 Å². The molecule has 0 radical (unpaired) electrons. The van der Waals surface area contributed by atoms with Gasteiger partial charge in [0, 0.05) is 51.9 Å². The number of hydrogen-bond acceptors (Lipinski definition) is 5. The fourth-order valence-corrected chi connectivity index (χ4v) is 2.01. The van der Waals surface area contributed by atoms with Crippen molar-refractivity contribution >= 4 is 5.91 Å². The summed E-state index contributed by atoms with van der Waals surface area (Å²) in [5.74, 6) is -0.282. The quantitative estimate of drug-likeness (QED) is 0.643. The largest absolute Gasteiger partial charge is 0.388 e. The van der Waals surface area contributed by atoms with Gasteiger partial charge < -0.3 is 25.5 Å². The SMILES string of the molecule is NCCn1cnc(C(=O)NCC2(O)CCOCC2)c1. The van der Waals surface area contributed by atoms with Gasteiger partial charge in [-0.15, -0.1) is 0 Å². The molecule has 106 valence electrons. The number of nitrogens with zero attached hydrogens (tertiary/aromatic N) is 2. The Hall–Kier alpha value is -1.44. The van der Waals surface area contributed by atoms with E-state index >= 15 is 0 Å². The number of nitrogens with two attached hydrogens (primary N) is 1. The molecule has 1 aliphatic rings. The second kappa shape index (κ2) is 6.14. The van der Waals surface area contributed by atoms with Crippen LogP contribution < -0.4 is 11.1 Å². The molecule has 1 amide bonds. The van der Waals surface area contributed by atoms with E-state index in [2.05, 4.69) is 10.3 Å². The molecule has 0 spiro atoms. The number of nitrogens with one attached hydrogen (secondary N) is 1. The van der Waals surface area contributed by atoms with Gasteiger partial charge in [-0.25, -0.2) is 4.98 Å². The lowest BCUT2D eigenvalue weighted by molar-refractivity contribution is -0.0605. The van der Waals surface area contributed by atoms with E-state index in [0.717, 1.165) is 0 Å². The van der Waals surface area contributed by atoms with Crippen molar-refractivity contribution in [3.05, 3.63) is 18.2 Å². The number of aliphatic hydroxyl groups is 1. The Morgan fingerprint density at radius 3 is 3.00 bits per heavy atom. The summed E-state index contributed by atoms with van der Waals surface area (Å²) < 4.78 is 6.95. The first kappa shape index (κ1) is 14.0. The first-order valence-corrected chi connectivity index (χ1v) is 6.43. The van der Waals surface area contributed by atoms with Gasteiger partial charge >= 0.3 is 0 Å². The molecule has 0 atom stereocenters. The summed E-state index contributed by atoms with van der Waals surface area (Å²) in [5, 5.41) is 12.9. The molecule has 2 rings (SSSR count). The van der Waals surface area contributed by atoms with Crippen LogP contribution >= 0.6 is 0 Å². The van der Waals surface area contributed by atoms with Crippen molar-refractivity contribution in [1.82, 2.24) is 14.9 Å². The zero-order valence-corrected chi connectivity index (χ0v) is 10.8. The monoisotopic (exact) mass is 268 g/mol. The van der Waals surface area contributed by atoms with Gasteiger partial charge in [0.15, 0.2) is 0 Å². The number of carbonyl (C=O) groups is 1. The second-order valence-electron chi connectivity index (χ2n) is 4.80. The van der Waals surface area contributed by atoms with Crippen molar-refractivity contribution in [2.24, 2.45) is 5.73 Å². The van der Waals surface area contributed by atoms with Crippen LogP contribution in [0, 0.1) is 0 Å². The number of ether oxygens (including phenoxy) is 1. The number of amides is 1. The van der Waals surface area contributed by atoms with Crippen LogP contribution in [0.2, 0.25) is 0 Å². The Morgan fingerprint density at radius 2 is 2.32 bits per heavy atom. The van der Waals surface area contributed by atoms with Gasteiger partial charge in [0.1, 0.15) is 5.69 Å². The minimum atomic E-state index is -0.867. The molecule has 0 saturated carbocycles. The van der Waals surface area contributed by atoms with E-state index in [9.17, 15) is 9.90 Å².